The molecule has 3 nitrogen and oxygen atoms in total. The van der Waals surface area contributed by atoms with Gasteiger partial charge >= 0.3 is 0 Å². The van der Waals surface area contributed by atoms with Crippen LogP contribution in [0, 0.1) is 0 Å². The maximum Gasteiger partial charge on any atom is 0.224 e. The highest BCUT2D eigenvalue weighted by molar-refractivity contribution is 6.31. The molecule has 1 rings (SSSR count). The van der Waals surface area contributed by atoms with E-state index < -0.39 is 0 Å². The van der Waals surface area contributed by atoms with Crippen LogP contribution in [0.1, 0.15) is 12.1 Å². The SMILES string of the molecule is COCCCc1cc(Cl)nc(Cl)n1. The summed E-state index contributed by atoms with van der Waals surface area (Å²) in [7, 11) is 1.67. The second kappa shape index (κ2) is 5.37. The highest BCUT2D eigenvalue weighted by Crippen LogP contribution is 2.11. The number of hydrogen-bond acceptors (Lipinski definition) is 3. The molecule has 0 N–H and O–H groups in total. The van der Waals surface area contributed by atoms with Crippen LogP contribution in [0.5, 0.6) is 0 Å². The molecular weight excluding hydrogens is 211 g/mol. The Morgan fingerprint density at radius 1 is 1.38 bits per heavy atom. The van der Waals surface area contributed by atoms with Crippen molar-refractivity contribution in [3.8, 4) is 0 Å². The molecule has 0 saturated heterocycles. The predicted molar refractivity (Wildman–Crippen MR) is 52.2 cm³/mol. The molecule has 72 valence electrons. The largest absolute Gasteiger partial charge is 0.385 e. The van der Waals surface area contributed by atoms with Gasteiger partial charge in [-0.3, -0.25) is 0 Å². The normalized spacial score (nSPS) is 10.4. The number of nitrogens with zero attached hydrogens (tertiary/aromatic N) is 2. The molecule has 0 spiro atoms. The van der Waals surface area contributed by atoms with Crippen LogP contribution >= 0.6 is 23.2 Å². The molecule has 0 fully saturated rings. The highest BCUT2D eigenvalue weighted by atomic mass is 35.5. The van der Waals surface area contributed by atoms with Crippen molar-refractivity contribution in [2.45, 2.75) is 12.8 Å². The smallest absolute Gasteiger partial charge is 0.224 e. The van der Waals surface area contributed by atoms with Crippen LogP contribution in [0.25, 0.3) is 0 Å². The lowest BCUT2D eigenvalue weighted by Crippen LogP contribution is -1.96. The van der Waals surface area contributed by atoms with Crippen molar-refractivity contribution in [1.82, 2.24) is 9.97 Å². The van der Waals surface area contributed by atoms with Crippen molar-refractivity contribution in [2.24, 2.45) is 0 Å². The molecule has 0 unspecified atom stereocenters. The van der Waals surface area contributed by atoms with Gasteiger partial charge in [0, 0.05) is 19.4 Å². The molecule has 5 heteroatoms. The lowest BCUT2D eigenvalue weighted by atomic mass is 10.2. The number of aryl methyl sites for hydroxylation is 1. The van der Waals surface area contributed by atoms with E-state index >= 15 is 0 Å². The van der Waals surface area contributed by atoms with Gasteiger partial charge in [-0.1, -0.05) is 11.6 Å². The van der Waals surface area contributed by atoms with E-state index in [4.69, 9.17) is 27.9 Å². The molecule has 1 aromatic heterocycles. The zero-order valence-corrected chi connectivity index (χ0v) is 8.77. The molecule has 13 heavy (non-hydrogen) atoms. The van der Waals surface area contributed by atoms with E-state index in [9.17, 15) is 0 Å². The summed E-state index contributed by atoms with van der Waals surface area (Å²) in [4.78, 5) is 7.77. The quantitative estimate of drug-likeness (QED) is 0.444. The second-order valence-electron chi connectivity index (χ2n) is 2.55. The van der Waals surface area contributed by atoms with Gasteiger partial charge < -0.3 is 4.74 Å². The third kappa shape index (κ3) is 3.89. The van der Waals surface area contributed by atoms with Gasteiger partial charge in [0.15, 0.2) is 0 Å². The molecule has 1 heterocycles. The molecule has 0 aromatic carbocycles. The number of methoxy groups -OCH3 is 1. The van der Waals surface area contributed by atoms with Crippen molar-refractivity contribution in [3.63, 3.8) is 0 Å². The molecule has 0 aliphatic carbocycles. The Labute approximate surface area is 87.1 Å². The minimum atomic E-state index is 0.194. The van der Waals surface area contributed by atoms with E-state index in [-0.39, 0.29) is 5.28 Å². The summed E-state index contributed by atoms with van der Waals surface area (Å²) in [6.07, 6.45) is 1.70. The monoisotopic (exact) mass is 220 g/mol. The van der Waals surface area contributed by atoms with E-state index in [1.807, 2.05) is 0 Å². The topological polar surface area (TPSA) is 35.0 Å². The van der Waals surface area contributed by atoms with Crippen LogP contribution in [0.15, 0.2) is 6.07 Å². The molecule has 1 aromatic rings. The zero-order chi connectivity index (χ0) is 9.68. The Morgan fingerprint density at radius 2 is 2.15 bits per heavy atom. The second-order valence-corrected chi connectivity index (χ2v) is 3.27. The van der Waals surface area contributed by atoms with Gasteiger partial charge in [0.25, 0.3) is 0 Å². The summed E-state index contributed by atoms with van der Waals surface area (Å²) in [5.74, 6) is 0. The molecule has 0 saturated carbocycles. The highest BCUT2D eigenvalue weighted by Gasteiger charge is 2.00. The van der Waals surface area contributed by atoms with Crippen molar-refractivity contribution in [1.29, 1.82) is 0 Å². The fraction of sp³-hybridized carbons (Fsp3) is 0.500. The summed E-state index contributed by atoms with van der Waals surface area (Å²) >= 11 is 11.3. The lowest BCUT2D eigenvalue weighted by molar-refractivity contribution is 0.195. The third-order valence-electron chi connectivity index (χ3n) is 1.50. The fourth-order valence-electron chi connectivity index (χ4n) is 0.959. The maximum absolute atomic E-state index is 5.70. The van der Waals surface area contributed by atoms with Crippen LogP contribution in [0.3, 0.4) is 0 Å². The fourth-order valence-corrected chi connectivity index (χ4v) is 1.41. The molecule has 0 aliphatic heterocycles. The van der Waals surface area contributed by atoms with E-state index in [2.05, 4.69) is 9.97 Å². The zero-order valence-electron chi connectivity index (χ0n) is 7.26. The standard InChI is InChI=1S/C8H10Cl2N2O/c1-13-4-2-3-6-5-7(9)12-8(10)11-6/h5H,2-4H2,1H3. The van der Waals surface area contributed by atoms with Crippen LogP contribution < -0.4 is 0 Å². The first kappa shape index (κ1) is 10.7. The van der Waals surface area contributed by atoms with Gasteiger partial charge in [-0.25, -0.2) is 9.97 Å². The Morgan fingerprint density at radius 3 is 2.77 bits per heavy atom. The summed E-state index contributed by atoms with van der Waals surface area (Å²) in [6, 6.07) is 1.71. The summed E-state index contributed by atoms with van der Waals surface area (Å²) in [6.45, 7) is 0.708. The Balaban J connectivity index is 2.56. The van der Waals surface area contributed by atoms with Crippen molar-refractivity contribution >= 4 is 23.2 Å². The first-order valence-electron chi connectivity index (χ1n) is 3.90. The average molecular weight is 221 g/mol. The van der Waals surface area contributed by atoms with E-state index in [0.29, 0.717) is 11.8 Å². The molecular formula is C8H10Cl2N2O. The molecule has 0 radical (unpaired) electrons. The summed E-state index contributed by atoms with van der Waals surface area (Å²) in [5.41, 5.74) is 0.849. The average Bonchev–Trinajstić information content (AvgIpc) is 2.03. The van der Waals surface area contributed by atoms with Gasteiger partial charge in [-0.05, 0) is 30.5 Å². The van der Waals surface area contributed by atoms with Crippen LogP contribution in [0.4, 0.5) is 0 Å². The van der Waals surface area contributed by atoms with E-state index in [0.717, 1.165) is 18.5 Å². The number of hydrogen-bond donors (Lipinski definition) is 0. The molecule has 0 atom stereocenters. The first-order valence-corrected chi connectivity index (χ1v) is 4.66. The van der Waals surface area contributed by atoms with Crippen LogP contribution in [0.2, 0.25) is 10.4 Å². The van der Waals surface area contributed by atoms with Gasteiger partial charge in [0.1, 0.15) is 5.15 Å². The van der Waals surface area contributed by atoms with Gasteiger partial charge in [0.2, 0.25) is 5.28 Å². The van der Waals surface area contributed by atoms with Gasteiger partial charge in [-0.15, -0.1) is 0 Å². The summed E-state index contributed by atoms with van der Waals surface area (Å²) in [5, 5.41) is 0.576. The van der Waals surface area contributed by atoms with Crippen molar-refractivity contribution < 1.29 is 4.74 Å². The van der Waals surface area contributed by atoms with Crippen molar-refractivity contribution in [3.05, 3.63) is 22.2 Å². The number of rotatable bonds is 4. The maximum atomic E-state index is 5.70. The van der Waals surface area contributed by atoms with Crippen molar-refractivity contribution in [2.75, 3.05) is 13.7 Å². The predicted octanol–water partition coefficient (Wildman–Crippen LogP) is 2.36. The number of aromatic nitrogens is 2. The minimum absolute atomic E-state index is 0.194. The lowest BCUT2D eigenvalue weighted by Gasteiger charge is -2.00. The number of halogens is 2. The van der Waals surface area contributed by atoms with Gasteiger partial charge in [0.05, 0.1) is 0 Å². The molecule has 0 aliphatic rings. The Bertz CT molecular complexity index is 261. The summed E-state index contributed by atoms with van der Waals surface area (Å²) < 4.78 is 4.91. The van der Waals surface area contributed by atoms with Gasteiger partial charge in [-0.2, -0.15) is 0 Å². The number of ether oxygens (including phenoxy) is 1. The van der Waals surface area contributed by atoms with E-state index in [1.54, 1.807) is 13.2 Å². The first-order chi connectivity index (χ1) is 6.22. The molecule has 0 bridgehead atoms. The molecule has 0 amide bonds. The minimum Gasteiger partial charge on any atom is -0.385 e. The Kier molecular flexibility index (Phi) is 4.42. The third-order valence-corrected chi connectivity index (χ3v) is 1.86. The van der Waals surface area contributed by atoms with E-state index in [1.165, 1.54) is 0 Å². The Hall–Kier alpha value is -0.380. The van der Waals surface area contributed by atoms with Crippen LogP contribution in [-0.4, -0.2) is 23.7 Å². The van der Waals surface area contributed by atoms with Crippen LogP contribution in [-0.2, 0) is 11.2 Å².